The van der Waals surface area contributed by atoms with Gasteiger partial charge in [-0.15, -0.1) is 11.3 Å². The average molecular weight is 316 g/mol. The normalized spacial score (nSPS) is 15.6. The number of aromatic nitrogens is 3. The van der Waals surface area contributed by atoms with E-state index >= 15 is 0 Å². The zero-order valence-electron chi connectivity index (χ0n) is 8.44. The number of H-pyrrole nitrogens is 1. The van der Waals surface area contributed by atoms with Gasteiger partial charge in [-0.2, -0.15) is 5.10 Å². The summed E-state index contributed by atoms with van der Waals surface area (Å²) in [5.74, 6) is 1.74. The van der Waals surface area contributed by atoms with Crippen molar-refractivity contribution in [3.63, 3.8) is 0 Å². The first-order valence-electron chi connectivity index (χ1n) is 5.13. The quantitative estimate of drug-likeness (QED) is 0.876. The van der Waals surface area contributed by atoms with Crippen LogP contribution in [0.3, 0.4) is 0 Å². The number of hydrogen-bond donors (Lipinski definition) is 1. The predicted molar refractivity (Wildman–Crippen MR) is 70.5 cm³/mol. The lowest BCUT2D eigenvalue weighted by Gasteiger charge is -2.03. The van der Waals surface area contributed by atoms with Crippen molar-refractivity contribution in [2.45, 2.75) is 25.3 Å². The zero-order chi connectivity index (χ0) is 11.1. The van der Waals surface area contributed by atoms with Crippen LogP contribution in [-0.2, 0) is 6.54 Å². The van der Waals surface area contributed by atoms with Crippen molar-refractivity contribution in [2.24, 2.45) is 0 Å². The van der Waals surface area contributed by atoms with Crippen LogP contribution in [0.5, 0.6) is 0 Å². The molecule has 6 heteroatoms. The fourth-order valence-electron chi connectivity index (χ4n) is 1.73. The van der Waals surface area contributed by atoms with E-state index in [1.54, 1.807) is 11.3 Å². The van der Waals surface area contributed by atoms with Gasteiger partial charge in [0.15, 0.2) is 4.77 Å². The van der Waals surface area contributed by atoms with Gasteiger partial charge >= 0.3 is 0 Å². The molecular formula is C10H10BrN3S2. The minimum Gasteiger partial charge on any atom is -0.299 e. The van der Waals surface area contributed by atoms with E-state index in [0.29, 0.717) is 5.92 Å². The Bertz CT molecular complexity index is 565. The van der Waals surface area contributed by atoms with Gasteiger partial charge in [0.2, 0.25) is 0 Å². The molecule has 1 fully saturated rings. The third-order valence-corrected chi connectivity index (χ3v) is 4.59. The molecule has 2 aromatic rings. The van der Waals surface area contributed by atoms with Crippen LogP contribution in [0.25, 0.3) is 0 Å². The molecule has 0 radical (unpaired) electrons. The summed E-state index contributed by atoms with van der Waals surface area (Å²) in [4.78, 5) is 1.30. The Balaban J connectivity index is 1.93. The Morgan fingerprint density at radius 2 is 2.38 bits per heavy atom. The molecule has 1 saturated carbocycles. The maximum absolute atomic E-state index is 5.26. The second kappa shape index (κ2) is 4.09. The molecule has 1 N–H and O–H groups in total. The molecule has 16 heavy (non-hydrogen) atoms. The second-order valence-corrected chi connectivity index (χ2v) is 6.89. The Hall–Kier alpha value is -0.460. The molecule has 0 aromatic carbocycles. The van der Waals surface area contributed by atoms with E-state index in [-0.39, 0.29) is 0 Å². The van der Waals surface area contributed by atoms with Crippen molar-refractivity contribution in [1.82, 2.24) is 14.8 Å². The van der Waals surface area contributed by atoms with E-state index in [4.69, 9.17) is 12.2 Å². The Kier molecular flexibility index (Phi) is 2.73. The predicted octanol–water partition coefficient (Wildman–Crippen LogP) is 3.69. The van der Waals surface area contributed by atoms with Crippen LogP contribution in [0.2, 0.25) is 0 Å². The zero-order valence-corrected chi connectivity index (χ0v) is 11.7. The lowest BCUT2D eigenvalue weighted by atomic mass is 10.4. The highest BCUT2D eigenvalue weighted by Crippen LogP contribution is 2.39. The summed E-state index contributed by atoms with van der Waals surface area (Å²) in [6.45, 7) is 0.831. The Labute approximate surface area is 111 Å². The monoisotopic (exact) mass is 315 g/mol. The number of hydrogen-bond acceptors (Lipinski definition) is 3. The highest BCUT2D eigenvalue weighted by molar-refractivity contribution is 9.11. The van der Waals surface area contributed by atoms with Crippen LogP contribution in [-0.4, -0.2) is 14.8 Å². The van der Waals surface area contributed by atoms with E-state index in [9.17, 15) is 0 Å². The van der Waals surface area contributed by atoms with Gasteiger partial charge in [0.25, 0.3) is 0 Å². The Morgan fingerprint density at radius 1 is 1.56 bits per heavy atom. The van der Waals surface area contributed by atoms with Gasteiger partial charge < -0.3 is 0 Å². The van der Waals surface area contributed by atoms with E-state index in [1.165, 1.54) is 17.7 Å². The molecule has 0 unspecified atom stereocenters. The number of halogens is 1. The molecule has 0 spiro atoms. The first kappa shape index (κ1) is 10.7. The summed E-state index contributed by atoms with van der Waals surface area (Å²) >= 11 is 10.5. The van der Waals surface area contributed by atoms with Crippen molar-refractivity contribution in [2.75, 3.05) is 0 Å². The highest BCUT2D eigenvalue weighted by Gasteiger charge is 2.29. The molecule has 0 aliphatic heterocycles. The van der Waals surface area contributed by atoms with Crippen LogP contribution in [0.15, 0.2) is 15.9 Å². The molecule has 3 nitrogen and oxygen atoms in total. The number of rotatable bonds is 3. The lowest BCUT2D eigenvalue weighted by Crippen LogP contribution is -2.03. The largest absolute Gasteiger partial charge is 0.299 e. The van der Waals surface area contributed by atoms with Gasteiger partial charge in [0.1, 0.15) is 5.82 Å². The minimum atomic E-state index is 0.622. The van der Waals surface area contributed by atoms with Gasteiger partial charge in [-0.05, 0) is 53.1 Å². The standard InChI is InChI=1S/C10H10BrN3S2/c11-8-4-3-7(16-8)5-14-9(6-1-2-6)12-13-10(14)15/h3-4,6H,1-2,5H2,(H,13,15). The number of nitrogens with zero attached hydrogens (tertiary/aromatic N) is 2. The summed E-state index contributed by atoms with van der Waals surface area (Å²) < 4.78 is 4.00. The molecular weight excluding hydrogens is 306 g/mol. The topological polar surface area (TPSA) is 33.6 Å². The van der Waals surface area contributed by atoms with Crippen molar-refractivity contribution in [3.05, 3.63) is 31.4 Å². The molecule has 3 rings (SSSR count). The SMILES string of the molecule is S=c1[nH]nc(C2CC2)n1Cc1ccc(Br)s1. The van der Waals surface area contributed by atoms with E-state index < -0.39 is 0 Å². The van der Waals surface area contributed by atoms with Crippen LogP contribution >= 0.6 is 39.5 Å². The van der Waals surface area contributed by atoms with Crippen molar-refractivity contribution >= 4 is 39.5 Å². The smallest absolute Gasteiger partial charge is 0.195 e. The van der Waals surface area contributed by atoms with Crippen molar-refractivity contribution < 1.29 is 0 Å². The summed E-state index contributed by atoms with van der Waals surface area (Å²) in [6.07, 6.45) is 2.49. The van der Waals surface area contributed by atoms with Gasteiger partial charge in [-0.25, -0.2) is 0 Å². The third kappa shape index (κ3) is 2.01. The summed E-state index contributed by atoms with van der Waals surface area (Å²) in [5.41, 5.74) is 0. The summed E-state index contributed by atoms with van der Waals surface area (Å²) in [7, 11) is 0. The number of thiophene rings is 1. The van der Waals surface area contributed by atoms with Crippen LogP contribution in [0.1, 0.15) is 29.5 Å². The van der Waals surface area contributed by atoms with Gasteiger partial charge in [-0.1, -0.05) is 0 Å². The maximum Gasteiger partial charge on any atom is 0.195 e. The molecule has 0 atom stereocenters. The molecule has 1 aliphatic carbocycles. The van der Waals surface area contributed by atoms with E-state index in [1.807, 2.05) is 0 Å². The van der Waals surface area contributed by atoms with Gasteiger partial charge in [0, 0.05) is 10.8 Å². The van der Waals surface area contributed by atoms with Crippen LogP contribution < -0.4 is 0 Å². The Morgan fingerprint density at radius 3 is 3.00 bits per heavy atom. The van der Waals surface area contributed by atoms with Gasteiger partial charge in [-0.3, -0.25) is 9.67 Å². The molecule has 0 bridgehead atoms. The number of nitrogens with one attached hydrogen (secondary N) is 1. The number of aromatic amines is 1. The fraction of sp³-hybridized carbons (Fsp3) is 0.400. The molecule has 84 valence electrons. The molecule has 2 aromatic heterocycles. The van der Waals surface area contributed by atoms with E-state index in [2.05, 4.69) is 42.8 Å². The van der Waals surface area contributed by atoms with Crippen LogP contribution in [0, 0.1) is 4.77 Å². The first-order chi connectivity index (χ1) is 7.74. The molecule has 2 heterocycles. The van der Waals surface area contributed by atoms with Crippen molar-refractivity contribution in [1.29, 1.82) is 0 Å². The van der Waals surface area contributed by atoms with Crippen LogP contribution in [0.4, 0.5) is 0 Å². The van der Waals surface area contributed by atoms with Gasteiger partial charge in [0.05, 0.1) is 10.3 Å². The summed E-state index contributed by atoms with van der Waals surface area (Å²) in [5, 5.41) is 7.21. The highest BCUT2D eigenvalue weighted by atomic mass is 79.9. The maximum atomic E-state index is 5.26. The van der Waals surface area contributed by atoms with E-state index in [0.717, 1.165) is 20.9 Å². The minimum absolute atomic E-state index is 0.622. The second-order valence-electron chi connectivity index (χ2n) is 3.95. The third-order valence-electron chi connectivity index (χ3n) is 2.67. The fourth-order valence-corrected chi connectivity index (χ4v) is 3.40. The average Bonchev–Trinajstić information content (AvgIpc) is 2.93. The molecule has 0 amide bonds. The lowest BCUT2D eigenvalue weighted by molar-refractivity contribution is 0.727. The molecule has 1 aliphatic rings. The molecule has 0 saturated heterocycles. The van der Waals surface area contributed by atoms with Crippen molar-refractivity contribution in [3.8, 4) is 0 Å². The summed E-state index contributed by atoms with van der Waals surface area (Å²) in [6, 6.07) is 4.20. The first-order valence-corrected chi connectivity index (χ1v) is 7.15.